The average molecular weight is 420 g/mol. The van der Waals surface area contributed by atoms with Gasteiger partial charge in [-0.15, -0.1) is 0 Å². The Bertz CT molecular complexity index is 696. The quantitative estimate of drug-likeness (QED) is 0.179. The van der Waals surface area contributed by atoms with Crippen LogP contribution in [0.2, 0.25) is 0 Å². The van der Waals surface area contributed by atoms with Crippen LogP contribution < -0.4 is 18.5 Å². The molecule has 0 heterocycles. The number of non-ortho nitro benzene ring substituents is 1. The first-order valence-electron chi connectivity index (χ1n) is 5.81. The number of carbonyl (C=O) groups excluding carboxylic acids is 1. The second kappa shape index (κ2) is 12.1. The summed E-state index contributed by atoms with van der Waals surface area (Å²) < 4.78 is 30.7. The summed E-state index contributed by atoms with van der Waals surface area (Å²) in [6.07, 6.45) is 0. The molecule has 25 heavy (non-hydrogen) atoms. The molecule has 0 atom stereocenters. The van der Waals surface area contributed by atoms with Gasteiger partial charge in [-0.25, -0.2) is 0 Å². The molecule has 0 fully saturated rings. The van der Waals surface area contributed by atoms with Crippen molar-refractivity contribution in [3.8, 4) is 0 Å². The molecule has 0 aromatic heterocycles. The molecular weight excluding hydrogens is 399 g/mol. The Balaban J connectivity index is -0.000000539. The number of hydrogen-bond donors (Lipinski definition) is 6. The summed E-state index contributed by atoms with van der Waals surface area (Å²) in [6.45, 7) is 0. The Labute approximate surface area is 146 Å². The first-order valence-corrected chi connectivity index (χ1v) is 9.09. The third-order valence-corrected chi connectivity index (χ3v) is 2.38. The summed E-state index contributed by atoms with van der Waals surface area (Å²) in [5, 5.41) is 10.5. The van der Waals surface area contributed by atoms with Crippen molar-refractivity contribution < 1.29 is 25.7 Å². The number of nitro groups is 1. The fourth-order valence-corrected chi connectivity index (χ4v) is 1.49. The summed E-state index contributed by atoms with van der Waals surface area (Å²) >= 11 is -5.12. The zero-order chi connectivity index (χ0) is 16.8. The molecule has 0 aliphatic heterocycles. The van der Waals surface area contributed by atoms with Gasteiger partial charge in [-0.1, -0.05) is 30.3 Å². The Morgan fingerprint density at radius 1 is 0.840 bits per heavy atom. The molecule has 12 N–H and O–H groups in total. The Kier molecular flexibility index (Phi) is 13.3. The molecule has 2 rings (SSSR count). The van der Waals surface area contributed by atoms with Gasteiger partial charge in [0.1, 0.15) is 0 Å². The zero-order valence-electron chi connectivity index (χ0n) is 13.2. The van der Waals surface area contributed by atoms with Crippen LogP contribution in [0.3, 0.4) is 0 Å². The van der Waals surface area contributed by atoms with Crippen molar-refractivity contribution in [1.82, 2.24) is 18.5 Å². The van der Waals surface area contributed by atoms with Crippen LogP contribution >= 0.6 is 0 Å². The molecule has 0 aliphatic rings. The number of rotatable bonds is 3. The second-order valence-corrected chi connectivity index (χ2v) is 6.17. The predicted molar refractivity (Wildman–Crippen MR) is 91.1 cm³/mol. The van der Waals surface area contributed by atoms with Gasteiger partial charge in [0, 0.05) is 23.3 Å². The molecule has 0 unspecified atom stereocenters. The van der Waals surface area contributed by atoms with Crippen LogP contribution in [0.25, 0.3) is 0 Å². The fraction of sp³-hybridized carbons (Fsp3) is 0. The van der Waals surface area contributed by atoms with Gasteiger partial charge in [-0.2, -0.15) is 0 Å². The number of nitro benzene ring substituents is 1. The van der Waals surface area contributed by atoms with E-state index in [2.05, 4.69) is 0 Å². The van der Waals surface area contributed by atoms with E-state index in [1.54, 1.807) is 24.3 Å². The van der Waals surface area contributed by atoms with Gasteiger partial charge in [0.15, 0.2) is 5.78 Å². The Morgan fingerprint density at radius 3 is 1.56 bits per heavy atom. The molecule has 0 saturated heterocycles. The van der Waals surface area contributed by atoms with Gasteiger partial charge < -0.3 is 18.5 Å². The molecule has 12 heteroatoms. The fourth-order valence-electron chi connectivity index (χ4n) is 1.49. The van der Waals surface area contributed by atoms with Gasteiger partial charge in [-0.05, 0) is 12.1 Å². The van der Waals surface area contributed by atoms with Gasteiger partial charge in [0.25, 0.3) is 5.69 Å². The number of ketones is 1. The van der Waals surface area contributed by atoms with Crippen LogP contribution in [0, 0.1) is 10.1 Å². The summed E-state index contributed by atoms with van der Waals surface area (Å²) in [6, 6.07) is 14.4. The van der Waals surface area contributed by atoms with Crippen molar-refractivity contribution in [2.45, 2.75) is 0 Å². The van der Waals surface area contributed by atoms with Crippen LogP contribution in [0.15, 0.2) is 54.6 Å². The van der Waals surface area contributed by atoms with Crippen molar-refractivity contribution in [2.24, 2.45) is 0 Å². The minimum absolute atomic E-state index is 0. The summed E-state index contributed by atoms with van der Waals surface area (Å²) in [4.78, 5) is 21.9. The SMILES string of the molecule is N.N.N.O=C(c1ccccc1)c1ccc([N+](=O)[O-])cc1.O=[As](O)(O)O. The Hall–Kier alpha value is -2.37. The van der Waals surface area contributed by atoms with E-state index >= 15 is 0 Å². The van der Waals surface area contributed by atoms with Crippen LogP contribution in [0.5, 0.6) is 0 Å². The van der Waals surface area contributed by atoms with Crippen LogP contribution in [-0.4, -0.2) is 37.5 Å². The zero-order valence-corrected chi connectivity index (χ0v) is 15.1. The van der Waals surface area contributed by atoms with E-state index in [0.717, 1.165) is 0 Å². The first kappa shape index (κ1) is 27.5. The van der Waals surface area contributed by atoms with Crippen LogP contribution in [0.1, 0.15) is 15.9 Å². The number of nitrogens with zero attached hydrogens (tertiary/aromatic N) is 1. The second-order valence-electron chi connectivity index (χ2n) is 4.01. The molecule has 0 bridgehead atoms. The van der Waals surface area contributed by atoms with Gasteiger partial charge >= 0.3 is 30.5 Å². The van der Waals surface area contributed by atoms with Crippen molar-refractivity contribution in [3.05, 3.63) is 75.8 Å². The molecule has 0 aliphatic carbocycles. The van der Waals surface area contributed by atoms with E-state index in [4.69, 9.17) is 16.0 Å². The maximum atomic E-state index is 12.0. The molecule has 0 amide bonds. The van der Waals surface area contributed by atoms with E-state index in [1.165, 1.54) is 24.3 Å². The molecule has 140 valence electrons. The topological polar surface area (TPSA) is 243 Å². The summed E-state index contributed by atoms with van der Waals surface area (Å²) in [7, 11) is 0. The van der Waals surface area contributed by atoms with Crippen molar-refractivity contribution >= 4 is 26.0 Å². The van der Waals surface area contributed by atoms with Crippen molar-refractivity contribution in [2.75, 3.05) is 0 Å². The Morgan fingerprint density at radius 2 is 1.20 bits per heavy atom. The maximum absolute atomic E-state index is 12.0. The average Bonchev–Trinajstić information content (AvgIpc) is 2.46. The van der Waals surface area contributed by atoms with E-state index in [1.807, 2.05) is 6.07 Å². The minimum atomic E-state index is -5.12. The molecular formula is C13H21AsN4O7. The van der Waals surface area contributed by atoms with E-state index in [-0.39, 0.29) is 29.9 Å². The van der Waals surface area contributed by atoms with Crippen LogP contribution in [0.4, 0.5) is 5.69 Å². The molecule has 0 spiro atoms. The van der Waals surface area contributed by atoms with E-state index < -0.39 is 19.4 Å². The molecule has 2 aromatic carbocycles. The van der Waals surface area contributed by atoms with Crippen molar-refractivity contribution in [3.63, 3.8) is 0 Å². The van der Waals surface area contributed by atoms with Gasteiger partial charge in [-0.3, -0.25) is 14.9 Å². The summed E-state index contributed by atoms with van der Waals surface area (Å²) in [5.41, 5.74) is 0.998. The van der Waals surface area contributed by atoms with E-state index in [9.17, 15) is 14.9 Å². The van der Waals surface area contributed by atoms with Gasteiger partial charge in [0.2, 0.25) is 0 Å². The monoisotopic (exact) mass is 420 g/mol. The molecule has 11 nitrogen and oxygen atoms in total. The third-order valence-electron chi connectivity index (χ3n) is 2.38. The normalized spacial score (nSPS) is 9.08. The van der Waals surface area contributed by atoms with Crippen LogP contribution in [-0.2, 0) is 3.74 Å². The third kappa shape index (κ3) is 10.9. The van der Waals surface area contributed by atoms with E-state index in [0.29, 0.717) is 11.1 Å². The first-order chi connectivity index (χ1) is 10.2. The predicted octanol–water partition coefficient (Wildman–Crippen LogP) is 1.14. The number of benzene rings is 2. The summed E-state index contributed by atoms with van der Waals surface area (Å²) in [5.74, 6) is -0.138. The molecule has 0 radical (unpaired) electrons. The van der Waals surface area contributed by atoms with Crippen molar-refractivity contribution in [1.29, 1.82) is 0 Å². The standard InChI is InChI=1S/C13H9NO3.AsH3O4.3H3N/c15-13(10-4-2-1-3-5-10)11-6-8-12(9-7-11)14(16)17;2-1(3,4)5;;;/h1-9H;(H3,2,3,4,5);3*1H3. The molecule has 0 saturated carbocycles. The van der Waals surface area contributed by atoms with Gasteiger partial charge in [0.05, 0.1) is 4.92 Å². The number of carbonyl (C=O) groups is 1. The molecule has 2 aromatic rings. The number of hydrogen-bond acceptors (Lipinski definition) is 7.